The van der Waals surface area contributed by atoms with Crippen LogP contribution < -0.4 is 24.6 Å². The standard InChI is InChI=1S/C50H58FN9O6S/c51-50(16-4-1-5-17-50)32-54-46-43(60(62)63)28-37(31-53-46)67(64,65)56-47(61)40-14-13-35(27-42(40)59-22-7-25-66-48-44(59)26-34-15-20-52-45(34)55-48)57-23-18-49(19-24-57)29-36(30-49)58-21-6-10-41(58)39-9-3-2-8-38(39)33-11-12-33/h2-3,8-9,13-15,20,26-28,31,33,36,41H,1,4-7,10-12,16-19,21-25,29-30,32H2,(H,52,55)(H,53,54)(H,56,61)/t41-/m0/s1. The number of piperidine rings is 1. The number of aromatic amines is 1. The van der Waals surface area contributed by atoms with Crippen LogP contribution in [-0.4, -0.2) is 90.1 Å². The number of carbonyl (C=O) groups is 1. The lowest BCUT2D eigenvalue weighted by atomic mass is 9.59. The highest BCUT2D eigenvalue weighted by Crippen LogP contribution is 2.55. The van der Waals surface area contributed by atoms with Crippen molar-refractivity contribution in [3.05, 3.63) is 99.9 Å². The average molecular weight is 932 g/mol. The SMILES string of the molecule is O=C(NS(=O)(=O)c1cnc(NCC2(F)CCCCC2)c([N+](=O)[O-])c1)c1ccc(N2CCC3(CC2)CC(N2CCC[C@H]2c2ccccc2C2CC2)C3)cc1N1CCCOc2nc3[nH]ccc3cc21. The summed E-state index contributed by atoms with van der Waals surface area (Å²) in [7, 11) is -4.68. The normalized spacial score (nSPS) is 21.9. The number of likely N-dealkylation sites (tertiary alicyclic amines) is 1. The first-order chi connectivity index (χ1) is 32.4. The van der Waals surface area contributed by atoms with E-state index in [4.69, 9.17) is 9.72 Å². The van der Waals surface area contributed by atoms with Crippen molar-refractivity contribution in [2.24, 2.45) is 5.41 Å². The highest BCUT2D eigenvalue weighted by Gasteiger charge is 2.50. The van der Waals surface area contributed by atoms with Crippen molar-refractivity contribution in [2.75, 3.05) is 54.4 Å². The summed E-state index contributed by atoms with van der Waals surface area (Å²) in [5, 5.41) is 15.8. The maximum Gasteiger partial charge on any atom is 0.312 e. The zero-order valence-corrected chi connectivity index (χ0v) is 38.5. The van der Waals surface area contributed by atoms with Gasteiger partial charge in [0.1, 0.15) is 21.9 Å². The van der Waals surface area contributed by atoms with Gasteiger partial charge >= 0.3 is 5.69 Å². The number of sulfonamides is 1. The molecule has 1 amide bonds. The number of alkyl halides is 1. The molecule has 11 rings (SSSR count). The molecule has 15 nitrogen and oxygen atoms in total. The molecule has 5 aromatic rings. The molecule has 1 atom stereocenters. The summed E-state index contributed by atoms with van der Waals surface area (Å²) in [6.07, 6.45) is 16.0. The number of ether oxygens (including phenoxy) is 1. The monoisotopic (exact) mass is 931 g/mol. The van der Waals surface area contributed by atoms with E-state index in [0.717, 1.165) is 74.4 Å². The van der Waals surface area contributed by atoms with Crippen molar-refractivity contribution in [2.45, 2.75) is 118 Å². The van der Waals surface area contributed by atoms with Gasteiger partial charge in [-0.05, 0) is 130 Å². The number of nitro groups is 1. The van der Waals surface area contributed by atoms with Crippen LogP contribution in [0.2, 0.25) is 0 Å². The molecule has 17 heteroatoms. The Labute approximate surface area is 390 Å². The molecule has 2 saturated heterocycles. The summed E-state index contributed by atoms with van der Waals surface area (Å²) >= 11 is 0. The van der Waals surface area contributed by atoms with Gasteiger partial charge in [-0.2, -0.15) is 4.98 Å². The number of amides is 1. The molecule has 5 fully saturated rings. The molecule has 3 aliphatic carbocycles. The van der Waals surface area contributed by atoms with Gasteiger partial charge in [0.2, 0.25) is 11.7 Å². The Morgan fingerprint density at radius 3 is 2.48 bits per heavy atom. The first-order valence-electron chi connectivity index (χ1n) is 24.2. The third-order valence-corrected chi connectivity index (χ3v) is 16.9. The van der Waals surface area contributed by atoms with Gasteiger partial charge in [0, 0.05) is 55.1 Å². The van der Waals surface area contributed by atoms with Crippen molar-refractivity contribution in [1.29, 1.82) is 0 Å². The molecule has 2 aromatic carbocycles. The van der Waals surface area contributed by atoms with Crippen LogP contribution in [0.25, 0.3) is 11.0 Å². The summed E-state index contributed by atoms with van der Waals surface area (Å²) in [5.41, 5.74) is 4.05. The molecule has 1 spiro atoms. The number of hydrogen-bond acceptors (Lipinski definition) is 12. The highest BCUT2D eigenvalue weighted by molar-refractivity contribution is 7.90. The van der Waals surface area contributed by atoms with Crippen LogP contribution in [-0.2, 0) is 10.0 Å². The molecular weight excluding hydrogens is 874 g/mol. The van der Waals surface area contributed by atoms with E-state index in [1.54, 1.807) is 23.4 Å². The third-order valence-electron chi connectivity index (χ3n) is 15.6. The van der Waals surface area contributed by atoms with Crippen molar-refractivity contribution < 1.29 is 27.3 Å². The van der Waals surface area contributed by atoms with Gasteiger partial charge in [-0.25, -0.2) is 22.5 Å². The van der Waals surface area contributed by atoms with Crippen LogP contribution in [0.1, 0.15) is 123 Å². The van der Waals surface area contributed by atoms with Crippen LogP contribution in [0.3, 0.4) is 0 Å². The van der Waals surface area contributed by atoms with Crippen molar-refractivity contribution in [1.82, 2.24) is 24.6 Å². The second kappa shape index (κ2) is 17.4. The summed E-state index contributed by atoms with van der Waals surface area (Å²) in [6, 6.07) is 20.5. The van der Waals surface area contributed by atoms with E-state index < -0.39 is 37.1 Å². The van der Waals surface area contributed by atoms with Crippen LogP contribution >= 0.6 is 0 Å². The number of H-pyrrole nitrogens is 1. The number of anilines is 4. The highest BCUT2D eigenvalue weighted by atomic mass is 32.2. The Kier molecular flexibility index (Phi) is 11.3. The number of fused-ring (bicyclic) bond motifs is 2. The van der Waals surface area contributed by atoms with Crippen LogP contribution in [0.4, 0.5) is 33.0 Å². The van der Waals surface area contributed by atoms with Crippen LogP contribution in [0, 0.1) is 15.5 Å². The van der Waals surface area contributed by atoms with Gasteiger partial charge in [-0.1, -0.05) is 43.5 Å². The molecule has 3 saturated carbocycles. The molecule has 352 valence electrons. The molecule has 0 radical (unpaired) electrons. The summed E-state index contributed by atoms with van der Waals surface area (Å²) < 4.78 is 51.6. The first kappa shape index (κ1) is 43.7. The van der Waals surface area contributed by atoms with Crippen molar-refractivity contribution in [3.63, 3.8) is 0 Å². The minimum atomic E-state index is -4.68. The Morgan fingerprint density at radius 2 is 1.70 bits per heavy atom. The molecule has 3 aliphatic heterocycles. The van der Waals surface area contributed by atoms with Crippen molar-refractivity contribution in [3.8, 4) is 5.88 Å². The third kappa shape index (κ3) is 8.57. The number of benzene rings is 2. The van der Waals surface area contributed by atoms with Crippen LogP contribution in [0.5, 0.6) is 5.88 Å². The fraction of sp³-hybridized carbons (Fsp3) is 0.500. The lowest BCUT2D eigenvalue weighted by Crippen LogP contribution is -2.55. The predicted molar refractivity (Wildman–Crippen MR) is 255 cm³/mol. The van der Waals surface area contributed by atoms with E-state index in [0.29, 0.717) is 72.8 Å². The van der Waals surface area contributed by atoms with Gasteiger partial charge < -0.3 is 24.8 Å². The molecular formula is C50H58FN9O6S. The fourth-order valence-corrected chi connectivity index (χ4v) is 12.7. The van der Waals surface area contributed by atoms with Crippen LogP contribution in [0.15, 0.2) is 78.0 Å². The second-order valence-electron chi connectivity index (χ2n) is 19.9. The number of hydrogen-bond donors (Lipinski definition) is 3. The number of carbonyl (C=O) groups excluding carboxylic acids is 1. The van der Waals surface area contributed by atoms with Gasteiger partial charge in [0.15, 0.2) is 0 Å². The lowest BCUT2D eigenvalue weighted by Gasteiger charge is -2.56. The maximum absolute atomic E-state index is 15.4. The number of aromatic nitrogens is 3. The Morgan fingerprint density at radius 1 is 0.910 bits per heavy atom. The second-order valence-corrected chi connectivity index (χ2v) is 21.6. The predicted octanol–water partition coefficient (Wildman–Crippen LogP) is 9.45. The Balaban J connectivity index is 0.840. The van der Waals surface area contributed by atoms with E-state index in [1.807, 2.05) is 29.2 Å². The molecule has 3 N–H and O–H groups in total. The minimum Gasteiger partial charge on any atom is -0.476 e. The molecule has 3 aromatic heterocycles. The summed E-state index contributed by atoms with van der Waals surface area (Å²) in [4.78, 5) is 44.4. The first-order valence-corrected chi connectivity index (χ1v) is 25.7. The minimum absolute atomic E-state index is 0.0922. The molecule has 0 bridgehead atoms. The van der Waals surface area contributed by atoms with Gasteiger partial charge in [0.05, 0.1) is 35.5 Å². The molecule has 0 unspecified atom stereocenters. The largest absolute Gasteiger partial charge is 0.476 e. The van der Waals surface area contributed by atoms with Crippen molar-refractivity contribution >= 4 is 55.5 Å². The zero-order valence-electron chi connectivity index (χ0n) is 37.7. The van der Waals surface area contributed by atoms with E-state index in [9.17, 15) is 23.3 Å². The number of rotatable bonds is 12. The fourth-order valence-electron chi connectivity index (χ4n) is 11.8. The molecule has 6 heterocycles. The number of halogens is 1. The number of pyridine rings is 2. The quantitative estimate of drug-likeness (QED) is 0.0799. The van der Waals surface area contributed by atoms with Gasteiger partial charge in [-0.15, -0.1) is 0 Å². The van der Waals surface area contributed by atoms with E-state index in [1.165, 1.54) is 45.1 Å². The molecule has 6 aliphatic rings. The Bertz CT molecular complexity index is 2810. The van der Waals surface area contributed by atoms with E-state index in [2.05, 4.69) is 54.1 Å². The maximum atomic E-state index is 15.4. The van der Waals surface area contributed by atoms with Gasteiger partial charge in [-0.3, -0.25) is 19.8 Å². The lowest BCUT2D eigenvalue weighted by molar-refractivity contribution is -0.384. The molecule has 67 heavy (non-hydrogen) atoms. The van der Waals surface area contributed by atoms with Gasteiger partial charge in [0.25, 0.3) is 15.9 Å². The number of nitrogens with one attached hydrogen (secondary N) is 3. The zero-order chi connectivity index (χ0) is 45.9. The number of nitrogens with zero attached hydrogens (tertiary/aromatic N) is 6. The summed E-state index contributed by atoms with van der Waals surface area (Å²) in [5.74, 6) is -0.0270. The smallest absolute Gasteiger partial charge is 0.312 e. The van der Waals surface area contributed by atoms with E-state index >= 15 is 4.39 Å². The van der Waals surface area contributed by atoms with E-state index in [-0.39, 0.29) is 17.9 Å². The average Bonchev–Trinajstić information content (AvgIpc) is 3.95. The summed E-state index contributed by atoms with van der Waals surface area (Å²) in [6.45, 7) is 3.54. The Hall–Kier alpha value is -5.81. The topological polar surface area (TPSA) is 179 Å².